The molecule has 3 rings (SSSR count). The van der Waals surface area contributed by atoms with Gasteiger partial charge in [-0.1, -0.05) is 0 Å². The van der Waals surface area contributed by atoms with Gasteiger partial charge >= 0.3 is 0 Å². The van der Waals surface area contributed by atoms with E-state index in [4.69, 9.17) is 16.2 Å². The Balaban J connectivity index is 2.13. The summed E-state index contributed by atoms with van der Waals surface area (Å²) in [6.07, 6.45) is 0.924. The number of nitrogens with two attached hydrogens (primary N) is 2. The molecule has 0 radical (unpaired) electrons. The van der Waals surface area contributed by atoms with E-state index in [1.807, 2.05) is 6.92 Å². The maximum absolute atomic E-state index is 13.9. The Bertz CT molecular complexity index is 516. The summed E-state index contributed by atoms with van der Waals surface area (Å²) in [6.45, 7) is 1.88. The second-order valence-corrected chi connectivity index (χ2v) is 4.84. The van der Waals surface area contributed by atoms with E-state index >= 15 is 0 Å². The van der Waals surface area contributed by atoms with Crippen molar-refractivity contribution in [3.8, 4) is 0 Å². The van der Waals surface area contributed by atoms with E-state index < -0.39 is 5.54 Å². The van der Waals surface area contributed by atoms with Gasteiger partial charge in [-0.05, 0) is 31.5 Å². The van der Waals surface area contributed by atoms with Crippen molar-refractivity contribution in [2.45, 2.75) is 25.0 Å². The second kappa shape index (κ2) is 3.12. The van der Waals surface area contributed by atoms with Crippen LogP contribution in [0.25, 0.3) is 0 Å². The van der Waals surface area contributed by atoms with E-state index in [9.17, 15) is 4.39 Å². The number of anilines is 1. The lowest BCUT2D eigenvalue weighted by molar-refractivity contribution is 0.202. The molecule has 2 aliphatic rings. The van der Waals surface area contributed by atoms with Gasteiger partial charge in [0.2, 0.25) is 0 Å². The summed E-state index contributed by atoms with van der Waals surface area (Å²) >= 11 is 0. The fourth-order valence-electron chi connectivity index (χ4n) is 2.58. The minimum atomic E-state index is -0.660. The summed E-state index contributed by atoms with van der Waals surface area (Å²) in [7, 11) is 0. The first kappa shape index (κ1) is 10.4. The number of halogens is 1. The van der Waals surface area contributed by atoms with Crippen LogP contribution in [0.3, 0.4) is 0 Å². The Morgan fingerprint density at radius 1 is 1.47 bits per heavy atom. The van der Waals surface area contributed by atoms with Gasteiger partial charge in [-0.3, -0.25) is 0 Å². The normalized spacial score (nSPS) is 34.6. The van der Waals surface area contributed by atoms with Crippen LogP contribution in [-0.2, 0) is 10.3 Å². The van der Waals surface area contributed by atoms with E-state index in [2.05, 4.69) is 4.99 Å². The molecule has 0 amide bonds. The third-order valence-electron chi connectivity index (χ3n) is 3.60. The summed E-state index contributed by atoms with van der Waals surface area (Å²) in [4.78, 5) is 4.29. The number of benzene rings is 1. The Labute approximate surface area is 98.5 Å². The van der Waals surface area contributed by atoms with Crippen molar-refractivity contribution in [2.75, 3.05) is 5.73 Å². The lowest BCUT2D eigenvalue weighted by Gasteiger charge is -2.30. The van der Waals surface area contributed by atoms with E-state index in [0.717, 1.165) is 6.42 Å². The fourth-order valence-corrected chi connectivity index (χ4v) is 2.58. The fraction of sp³-hybridized carbons (Fsp3) is 0.417. The average Bonchev–Trinajstić information content (AvgIpc) is 3.01. The van der Waals surface area contributed by atoms with Crippen molar-refractivity contribution in [1.82, 2.24) is 0 Å². The molecular weight excluding hydrogens is 221 g/mol. The molecule has 1 heterocycles. The van der Waals surface area contributed by atoms with E-state index in [0.29, 0.717) is 11.3 Å². The van der Waals surface area contributed by atoms with Crippen LogP contribution in [0, 0.1) is 11.7 Å². The summed E-state index contributed by atoms with van der Waals surface area (Å²) < 4.78 is 19.2. The SMILES string of the molecule is CC1(c2cc(N)ccc2F)N=C(N)OC2CC21. The molecule has 4 N–H and O–H groups in total. The van der Waals surface area contributed by atoms with Crippen LogP contribution >= 0.6 is 0 Å². The number of hydrogen-bond acceptors (Lipinski definition) is 4. The van der Waals surface area contributed by atoms with Gasteiger partial charge in [-0.2, -0.15) is 0 Å². The molecule has 1 aliphatic heterocycles. The van der Waals surface area contributed by atoms with Gasteiger partial charge in [-0.25, -0.2) is 9.38 Å². The molecule has 5 heteroatoms. The smallest absolute Gasteiger partial charge is 0.283 e. The Morgan fingerprint density at radius 2 is 2.24 bits per heavy atom. The van der Waals surface area contributed by atoms with Gasteiger partial charge in [0.25, 0.3) is 6.02 Å². The number of rotatable bonds is 1. The van der Waals surface area contributed by atoms with Crippen molar-refractivity contribution >= 4 is 11.7 Å². The summed E-state index contributed by atoms with van der Waals surface area (Å²) in [5.74, 6) is -0.114. The third kappa shape index (κ3) is 1.45. The first-order valence-corrected chi connectivity index (χ1v) is 5.58. The molecule has 0 spiro atoms. The highest BCUT2D eigenvalue weighted by Gasteiger charge is 2.57. The molecule has 1 aromatic rings. The second-order valence-electron chi connectivity index (χ2n) is 4.84. The summed E-state index contributed by atoms with van der Waals surface area (Å²) in [5.41, 5.74) is 11.7. The first-order chi connectivity index (χ1) is 8.00. The van der Waals surface area contributed by atoms with E-state index in [-0.39, 0.29) is 23.9 Å². The van der Waals surface area contributed by atoms with E-state index in [1.165, 1.54) is 6.07 Å². The van der Waals surface area contributed by atoms with Crippen LogP contribution in [-0.4, -0.2) is 12.1 Å². The molecule has 0 bridgehead atoms. The number of nitrogens with zero attached hydrogens (tertiary/aromatic N) is 1. The molecule has 17 heavy (non-hydrogen) atoms. The number of fused-ring (bicyclic) bond motifs is 1. The highest BCUT2D eigenvalue weighted by atomic mass is 19.1. The molecule has 90 valence electrons. The largest absolute Gasteiger partial charge is 0.462 e. The van der Waals surface area contributed by atoms with Gasteiger partial charge in [-0.15, -0.1) is 0 Å². The van der Waals surface area contributed by atoms with Gasteiger partial charge in [0.1, 0.15) is 11.9 Å². The van der Waals surface area contributed by atoms with Gasteiger partial charge in [0.05, 0.1) is 5.54 Å². The number of hydrogen-bond donors (Lipinski definition) is 2. The molecule has 1 saturated carbocycles. The maximum atomic E-state index is 13.9. The van der Waals surface area contributed by atoms with E-state index in [1.54, 1.807) is 12.1 Å². The monoisotopic (exact) mass is 235 g/mol. The quantitative estimate of drug-likeness (QED) is 0.722. The van der Waals surface area contributed by atoms with Crippen molar-refractivity contribution < 1.29 is 9.13 Å². The predicted octanol–water partition coefficient (Wildman–Crippen LogP) is 1.36. The number of amidine groups is 1. The zero-order valence-corrected chi connectivity index (χ0v) is 9.48. The van der Waals surface area contributed by atoms with Crippen molar-refractivity contribution in [3.05, 3.63) is 29.6 Å². The lowest BCUT2D eigenvalue weighted by Crippen LogP contribution is -2.35. The highest BCUT2D eigenvalue weighted by Crippen LogP contribution is 2.53. The number of nitrogen functional groups attached to an aromatic ring is 1. The van der Waals surface area contributed by atoms with Crippen LogP contribution in [0.4, 0.5) is 10.1 Å². The zero-order valence-electron chi connectivity index (χ0n) is 9.48. The number of ether oxygens (including phenoxy) is 1. The molecule has 0 aromatic heterocycles. The molecule has 4 nitrogen and oxygen atoms in total. The topological polar surface area (TPSA) is 73.6 Å². The molecule has 3 atom stereocenters. The van der Waals surface area contributed by atoms with Gasteiger partial charge in [0.15, 0.2) is 0 Å². The minimum absolute atomic E-state index is 0.0679. The van der Waals surface area contributed by atoms with Crippen LogP contribution in [0.15, 0.2) is 23.2 Å². The van der Waals surface area contributed by atoms with Crippen molar-refractivity contribution in [1.29, 1.82) is 0 Å². The van der Waals surface area contributed by atoms with Gasteiger partial charge < -0.3 is 16.2 Å². The average molecular weight is 235 g/mol. The Hall–Kier alpha value is -1.78. The molecular formula is C12H14FN3O. The molecule has 1 fully saturated rings. The Kier molecular flexibility index (Phi) is 1.91. The highest BCUT2D eigenvalue weighted by molar-refractivity contribution is 5.74. The third-order valence-corrected chi connectivity index (χ3v) is 3.60. The first-order valence-electron chi connectivity index (χ1n) is 5.58. The van der Waals surface area contributed by atoms with Crippen LogP contribution in [0.1, 0.15) is 18.9 Å². The van der Waals surface area contributed by atoms with Crippen LogP contribution in [0.2, 0.25) is 0 Å². The summed E-state index contributed by atoms with van der Waals surface area (Å²) in [6, 6.07) is 4.67. The zero-order chi connectivity index (χ0) is 12.2. The minimum Gasteiger partial charge on any atom is -0.462 e. The van der Waals surface area contributed by atoms with Crippen molar-refractivity contribution in [3.63, 3.8) is 0 Å². The van der Waals surface area contributed by atoms with Crippen LogP contribution in [0.5, 0.6) is 0 Å². The predicted molar refractivity (Wildman–Crippen MR) is 62.8 cm³/mol. The van der Waals surface area contributed by atoms with Crippen LogP contribution < -0.4 is 11.5 Å². The maximum Gasteiger partial charge on any atom is 0.283 e. The molecule has 3 unspecified atom stereocenters. The number of aliphatic imine (C=N–C) groups is 1. The lowest BCUT2D eigenvalue weighted by atomic mass is 9.86. The standard InChI is InChI=1S/C12H14FN3O/c1-12(7-4-6(14)2-3-9(7)13)8-5-10(8)17-11(15)16-12/h2-4,8,10H,5,14H2,1H3,(H2,15,16). The van der Waals surface area contributed by atoms with Crippen molar-refractivity contribution in [2.24, 2.45) is 16.6 Å². The molecule has 1 aromatic carbocycles. The molecule has 0 saturated heterocycles. The summed E-state index contributed by atoms with van der Waals surface area (Å²) in [5, 5.41) is 0. The Morgan fingerprint density at radius 3 is 3.00 bits per heavy atom. The molecule has 1 aliphatic carbocycles. The van der Waals surface area contributed by atoms with Gasteiger partial charge in [0, 0.05) is 17.2 Å².